The first kappa shape index (κ1) is 10.7. The lowest BCUT2D eigenvalue weighted by molar-refractivity contribution is 0.164. The van der Waals surface area contributed by atoms with Gasteiger partial charge in [-0.2, -0.15) is 0 Å². The van der Waals surface area contributed by atoms with E-state index in [1.54, 1.807) is 11.3 Å². The zero-order valence-electron chi connectivity index (χ0n) is 7.60. The van der Waals surface area contributed by atoms with E-state index in [0.29, 0.717) is 0 Å². The molecule has 1 atom stereocenters. The van der Waals surface area contributed by atoms with Gasteiger partial charge in [-0.05, 0) is 18.4 Å². The third kappa shape index (κ3) is 3.08. The summed E-state index contributed by atoms with van der Waals surface area (Å²) in [5, 5.41) is 22.9. The van der Waals surface area contributed by atoms with Gasteiger partial charge in [0.15, 0.2) is 0 Å². The van der Waals surface area contributed by atoms with Crippen LogP contribution < -0.4 is 5.32 Å². The summed E-state index contributed by atoms with van der Waals surface area (Å²) in [6, 6.07) is 3.99. The molecule has 1 heterocycles. The molecule has 0 amide bonds. The smallest absolute Gasteiger partial charge is 0.0607 e. The van der Waals surface area contributed by atoms with Gasteiger partial charge in [-0.3, -0.25) is 0 Å². The summed E-state index contributed by atoms with van der Waals surface area (Å²) in [5.41, 5.74) is 0. The fraction of sp³-hybridized carbons (Fsp3) is 0.556. The third-order valence-electron chi connectivity index (χ3n) is 1.90. The number of aliphatic hydroxyl groups is 2. The maximum Gasteiger partial charge on any atom is 0.0607 e. The summed E-state index contributed by atoms with van der Waals surface area (Å²) in [7, 11) is 0. The van der Waals surface area contributed by atoms with Crippen LogP contribution in [0.15, 0.2) is 17.5 Å². The first-order valence-corrected chi connectivity index (χ1v) is 5.17. The van der Waals surface area contributed by atoms with Crippen LogP contribution >= 0.6 is 11.3 Å². The van der Waals surface area contributed by atoms with E-state index >= 15 is 0 Å². The topological polar surface area (TPSA) is 52.5 Å². The molecule has 0 spiro atoms. The van der Waals surface area contributed by atoms with Crippen molar-refractivity contribution < 1.29 is 10.2 Å². The van der Waals surface area contributed by atoms with E-state index < -0.39 is 0 Å². The van der Waals surface area contributed by atoms with Crippen molar-refractivity contribution in [2.75, 3.05) is 13.2 Å². The molecule has 0 aliphatic heterocycles. The minimum absolute atomic E-state index is 0.0355. The van der Waals surface area contributed by atoms with Crippen molar-refractivity contribution in [1.29, 1.82) is 0 Å². The maximum absolute atomic E-state index is 8.85. The molecule has 1 aromatic rings. The zero-order valence-corrected chi connectivity index (χ0v) is 8.42. The number of hydrogen-bond acceptors (Lipinski definition) is 4. The number of aliphatic hydroxyl groups excluding tert-OH is 2. The van der Waals surface area contributed by atoms with Gasteiger partial charge >= 0.3 is 0 Å². The molecule has 0 aliphatic rings. The Morgan fingerprint density at radius 3 is 2.62 bits per heavy atom. The maximum atomic E-state index is 8.85. The van der Waals surface area contributed by atoms with E-state index in [4.69, 9.17) is 10.2 Å². The van der Waals surface area contributed by atoms with E-state index in [0.717, 1.165) is 0 Å². The zero-order chi connectivity index (χ0) is 9.68. The molecule has 4 heteroatoms. The lowest BCUT2D eigenvalue weighted by atomic mass is 10.2. The Kier molecular flexibility index (Phi) is 4.38. The molecule has 0 saturated heterocycles. The van der Waals surface area contributed by atoms with Crippen molar-refractivity contribution in [2.45, 2.75) is 19.0 Å². The lowest BCUT2D eigenvalue weighted by Crippen LogP contribution is -2.37. The fourth-order valence-electron chi connectivity index (χ4n) is 1.14. The van der Waals surface area contributed by atoms with Gasteiger partial charge in [-0.1, -0.05) is 6.07 Å². The standard InChI is InChI=1S/C9H15NO2S/c1-7(9-3-2-4-13-9)10-8(5-11)6-12/h2-4,7-8,10-12H,5-6H2,1H3/t7-/m0/s1. The van der Waals surface area contributed by atoms with Crippen molar-refractivity contribution in [3.8, 4) is 0 Å². The van der Waals surface area contributed by atoms with E-state index in [-0.39, 0.29) is 25.3 Å². The van der Waals surface area contributed by atoms with Crippen LogP contribution in [0.5, 0.6) is 0 Å². The minimum atomic E-state index is -0.225. The average Bonchev–Trinajstić information content (AvgIpc) is 2.66. The predicted molar refractivity (Wildman–Crippen MR) is 53.8 cm³/mol. The highest BCUT2D eigenvalue weighted by molar-refractivity contribution is 7.10. The monoisotopic (exact) mass is 201 g/mol. The summed E-state index contributed by atoms with van der Waals surface area (Å²) in [6.07, 6.45) is 0. The van der Waals surface area contributed by atoms with E-state index in [1.165, 1.54) is 4.88 Å². The Hall–Kier alpha value is -0.420. The number of thiophene rings is 1. The van der Waals surface area contributed by atoms with Crippen molar-refractivity contribution >= 4 is 11.3 Å². The third-order valence-corrected chi connectivity index (χ3v) is 2.95. The van der Waals surface area contributed by atoms with E-state index in [1.807, 2.05) is 24.4 Å². The fourth-order valence-corrected chi connectivity index (χ4v) is 1.88. The van der Waals surface area contributed by atoms with E-state index in [2.05, 4.69) is 5.32 Å². The van der Waals surface area contributed by atoms with Gasteiger partial charge in [0.2, 0.25) is 0 Å². The van der Waals surface area contributed by atoms with Gasteiger partial charge in [0.05, 0.1) is 19.3 Å². The summed E-state index contributed by atoms with van der Waals surface area (Å²) in [6.45, 7) is 1.95. The first-order chi connectivity index (χ1) is 6.27. The molecule has 13 heavy (non-hydrogen) atoms. The quantitative estimate of drug-likeness (QED) is 0.659. The summed E-state index contributed by atoms with van der Waals surface area (Å²) in [4.78, 5) is 1.21. The molecule has 0 aromatic carbocycles. The second-order valence-electron chi connectivity index (χ2n) is 2.97. The molecule has 0 unspecified atom stereocenters. The van der Waals surface area contributed by atoms with Crippen LogP contribution in [0.25, 0.3) is 0 Å². The highest BCUT2D eigenvalue weighted by Gasteiger charge is 2.11. The van der Waals surface area contributed by atoms with Crippen LogP contribution in [-0.4, -0.2) is 29.5 Å². The Bertz CT molecular complexity index is 222. The molecule has 0 fully saturated rings. The molecule has 0 saturated carbocycles. The number of hydrogen-bond donors (Lipinski definition) is 3. The van der Waals surface area contributed by atoms with Crippen molar-refractivity contribution in [3.05, 3.63) is 22.4 Å². The van der Waals surface area contributed by atoms with Crippen molar-refractivity contribution in [2.24, 2.45) is 0 Å². The van der Waals surface area contributed by atoms with E-state index in [9.17, 15) is 0 Å². The lowest BCUT2D eigenvalue weighted by Gasteiger charge is -2.18. The molecule has 3 nitrogen and oxygen atoms in total. The molecule has 1 aromatic heterocycles. The Labute approximate surface area is 82.0 Å². The molecule has 3 N–H and O–H groups in total. The molecule has 0 radical (unpaired) electrons. The molecule has 1 rings (SSSR count). The van der Waals surface area contributed by atoms with Gasteiger partial charge in [0, 0.05) is 10.9 Å². The first-order valence-electron chi connectivity index (χ1n) is 4.29. The van der Waals surface area contributed by atoms with Crippen molar-refractivity contribution in [1.82, 2.24) is 5.32 Å². The van der Waals surface area contributed by atoms with Gasteiger partial charge in [-0.15, -0.1) is 11.3 Å². The number of rotatable bonds is 5. The molecule has 0 aliphatic carbocycles. The van der Waals surface area contributed by atoms with Gasteiger partial charge in [0.1, 0.15) is 0 Å². The van der Waals surface area contributed by atoms with Gasteiger partial charge in [0.25, 0.3) is 0 Å². The SMILES string of the molecule is C[C@H](NC(CO)CO)c1cccs1. The van der Waals surface area contributed by atoms with Gasteiger partial charge < -0.3 is 15.5 Å². The predicted octanol–water partition coefficient (Wildman–Crippen LogP) is 0.752. The highest BCUT2D eigenvalue weighted by Crippen LogP contribution is 2.18. The highest BCUT2D eigenvalue weighted by atomic mass is 32.1. The second-order valence-corrected chi connectivity index (χ2v) is 3.95. The van der Waals surface area contributed by atoms with Crippen LogP contribution in [0.3, 0.4) is 0 Å². The largest absolute Gasteiger partial charge is 0.395 e. The van der Waals surface area contributed by atoms with Crippen LogP contribution in [0, 0.1) is 0 Å². The minimum Gasteiger partial charge on any atom is -0.395 e. The second kappa shape index (κ2) is 5.34. The van der Waals surface area contributed by atoms with Crippen LogP contribution in [0.1, 0.15) is 17.8 Å². The molecular formula is C9H15NO2S. The molecular weight excluding hydrogens is 186 g/mol. The summed E-state index contributed by atoms with van der Waals surface area (Å²) >= 11 is 1.67. The Morgan fingerprint density at radius 1 is 1.46 bits per heavy atom. The number of nitrogens with one attached hydrogen (secondary N) is 1. The Morgan fingerprint density at radius 2 is 2.15 bits per heavy atom. The van der Waals surface area contributed by atoms with Gasteiger partial charge in [-0.25, -0.2) is 0 Å². The average molecular weight is 201 g/mol. The Balaban J connectivity index is 2.45. The summed E-state index contributed by atoms with van der Waals surface area (Å²) < 4.78 is 0. The molecule has 0 bridgehead atoms. The molecule has 74 valence electrons. The van der Waals surface area contributed by atoms with Crippen LogP contribution in [0.2, 0.25) is 0 Å². The summed E-state index contributed by atoms with van der Waals surface area (Å²) in [5.74, 6) is 0. The van der Waals surface area contributed by atoms with Crippen LogP contribution in [0.4, 0.5) is 0 Å². The van der Waals surface area contributed by atoms with Crippen LogP contribution in [-0.2, 0) is 0 Å². The van der Waals surface area contributed by atoms with Crippen molar-refractivity contribution in [3.63, 3.8) is 0 Å². The normalized spacial score (nSPS) is 13.5.